The van der Waals surface area contributed by atoms with Crippen molar-refractivity contribution < 1.29 is 9.53 Å². The van der Waals surface area contributed by atoms with E-state index in [1.54, 1.807) is 30.1 Å². The molecule has 0 aromatic heterocycles. The monoisotopic (exact) mass is 487 g/mol. The van der Waals surface area contributed by atoms with Crippen LogP contribution >= 0.6 is 34.8 Å². The Kier molecular flexibility index (Phi) is 6.39. The summed E-state index contributed by atoms with van der Waals surface area (Å²) in [6, 6.07) is 12.9. The van der Waals surface area contributed by atoms with Crippen molar-refractivity contribution >= 4 is 40.6 Å². The van der Waals surface area contributed by atoms with Crippen molar-refractivity contribution in [3.05, 3.63) is 85.3 Å². The molecule has 0 amide bonds. The van der Waals surface area contributed by atoms with Crippen LogP contribution in [0.1, 0.15) is 36.3 Å². The average Bonchev–Trinajstić information content (AvgIpc) is 2.76. The molecule has 1 aliphatic heterocycles. The van der Waals surface area contributed by atoms with E-state index < -0.39 is 5.92 Å². The van der Waals surface area contributed by atoms with Crippen LogP contribution in [-0.4, -0.2) is 17.7 Å². The molecular formula is C24H20Cl3N3O2. The van der Waals surface area contributed by atoms with E-state index >= 15 is 0 Å². The minimum Gasteiger partial charge on any atom is -0.486 e. The zero-order chi connectivity index (χ0) is 23.0. The lowest BCUT2D eigenvalue weighted by molar-refractivity contribution is -0.116. The Morgan fingerprint density at radius 2 is 1.84 bits per heavy atom. The van der Waals surface area contributed by atoms with Crippen molar-refractivity contribution in [2.45, 2.75) is 31.8 Å². The molecule has 1 heterocycles. The maximum Gasteiger partial charge on any atom is 0.161 e. The minimum absolute atomic E-state index is 0.00893. The molecule has 2 N–H and O–H groups in total. The number of benzene rings is 2. The SMILES string of the molecule is CN1C(N)=C(C#N)[C@@H](c2cc(Cl)c(OCc3ccccc3Cl)c(Cl)c2)C2=C1CCCC2=O. The standard InChI is InChI=1S/C24H20Cl3N3O2/c1-30-19-7-4-8-20(31)22(19)21(15(11-28)24(30)29)14-9-17(26)23(18(27)10-14)32-12-13-5-2-3-6-16(13)25/h2-3,5-6,9-10,21H,4,7-8,12,29H2,1H3/t21-/m1/s1. The Balaban J connectivity index is 1.74. The molecule has 4 rings (SSSR count). The van der Waals surface area contributed by atoms with E-state index in [1.807, 2.05) is 18.2 Å². The van der Waals surface area contributed by atoms with E-state index in [0.717, 1.165) is 17.7 Å². The van der Waals surface area contributed by atoms with Crippen LogP contribution in [-0.2, 0) is 11.4 Å². The van der Waals surface area contributed by atoms with Gasteiger partial charge in [0.05, 0.1) is 27.6 Å². The van der Waals surface area contributed by atoms with Gasteiger partial charge in [-0.05, 0) is 36.6 Å². The van der Waals surface area contributed by atoms with Gasteiger partial charge >= 0.3 is 0 Å². The fourth-order valence-corrected chi connectivity index (χ4v) is 5.05. The van der Waals surface area contributed by atoms with Gasteiger partial charge in [0, 0.05) is 35.3 Å². The van der Waals surface area contributed by atoms with E-state index in [4.69, 9.17) is 45.3 Å². The number of Topliss-reactive ketones (excluding diaryl/α,β-unsaturated/α-hetero) is 1. The van der Waals surface area contributed by atoms with Crippen LogP contribution in [0.3, 0.4) is 0 Å². The minimum atomic E-state index is -0.619. The van der Waals surface area contributed by atoms with Crippen LogP contribution in [0, 0.1) is 11.3 Å². The fourth-order valence-electron chi connectivity index (χ4n) is 4.25. The van der Waals surface area contributed by atoms with E-state index in [1.165, 1.54) is 0 Å². The third kappa shape index (κ3) is 3.95. The summed E-state index contributed by atoms with van der Waals surface area (Å²) < 4.78 is 5.86. The normalized spacial score (nSPS) is 18.5. The number of nitriles is 1. The molecule has 0 bridgehead atoms. The van der Waals surface area contributed by atoms with Crippen molar-refractivity contribution in [3.63, 3.8) is 0 Å². The van der Waals surface area contributed by atoms with Gasteiger partial charge in [-0.2, -0.15) is 5.26 Å². The van der Waals surface area contributed by atoms with Crippen LogP contribution in [0.4, 0.5) is 0 Å². The Morgan fingerprint density at radius 3 is 2.50 bits per heavy atom. The zero-order valence-corrected chi connectivity index (χ0v) is 19.6. The predicted octanol–water partition coefficient (Wildman–Crippen LogP) is 5.96. The maximum absolute atomic E-state index is 12.9. The van der Waals surface area contributed by atoms with Crippen LogP contribution in [0.15, 0.2) is 59.1 Å². The fraction of sp³-hybridized carbons (Fsp3) is 0.250. The first-order valence-corrected chi connectivity index (χ1v) is 11.2. The second-order valence-corrected chi connectivity index (χ2v) is 8.96. The van der Waals surface area contributed by atoms with Crippen molar-refractivity contribution in [1.82, 2.24) is 4.90 Å². The molecule has 2 aromatic carbocycles. The summed E-state index contributed by atoms with van der Waals surface area (Å²) in [5, 5.41) is 11.0. The number of halogens is 3. The molecule has 1 aliphatic carbocycles. The predicted molar refractivity (Wildman–Crippen MR) is 125 cm³/mol. The number of allylic oxidation sites excluding steroid dienone is 3. The van der Waals surface area contributed by atoms with Gasteiger partial charge in [0.2, 0.25) is 0 Å². The topological polar surface area (TPSA) is 79.3 Å². The van der Waals surface area contributed by atoms with Gasteiger partial charge < -0.3 is 15.4 Å². The van der Waals surface area contributed by atoms with Crippen LogP contribution in [0.5, 0.6) is 5.75 Å². The second kappa shape index (κ2) is 9.07. The van der Waals surface area contributed by atoms with Crippen LogP contribution in [0.25, 0.3) is 0 Å². The summed E-state index contributed by atoms with van der Waals surface area (Å²) in [7, 11) is 1.78. The number of hydrogen-bond acceptors (Lipinski definition) is 5. The molecule has 2 aromatic rings. The highest BCUT2D eigenvalue weighted by molar-refractivity contribution is 6.37. The van der Waals surface area contributed by atoms with Crippen LogP contribution < -0.4 is 10.5 Å². The molecule has 0 radical (unpaired) electrons. The first kappa shape index (κ1) is 22.5. The van der Waals surface area contributed by atoms with Gasteiger partial charge in [-0.3, -0.25) is 4.79 Å². The lowest BCUT2D eigenvalue weighted by atomic mass is 9.76. The van der Waals surface area contributed by atoms with Gasteiger partial charge in [-0.25, -0.2) is 0 Å². The Bertz CT molecular complexity index is 1190. The molecular weight excluding hydrogens is 469 g/mol. The van der Waals surface area contributed by atoms with E-state index in [9.17, 15) is 10.1 Å². The highest BCUT2D eigenvalue weighted by Crippen LogP contribution is 2.46. The summed E-state index contributed by atoms with van der Waals surface area (Å²) in [6.07, 6.45) is 1.90. The molecule has 0 fully saturated rings. The summed E-state index contributed by atoms with van der Waals surface area (Å²) in [5.74, 6) is 0.0306. The summed E-state index contributed by atoms with van der Waals surface area (Å²) >= 11 is 19.3. The molecule has 0 saturated heterocycles. The van der Waals surface area contributed by atoms with Gasteiger partial charge in [-0.1, -0.05) is 53.0 Å². The summed E-state index contributed by atoms with van der Waals surface area (Å²) in [6.45, 7) is 0.191. The van der Waals surface area contributed by atoms with Crippen molar-refractivity contribution in [2.24, 2.45) is 5.73 Å². The number of carbonyl (C=O) groups excluding carboxylic acids is 1. The number of nitrogens with zero attached hydrogens (tertiary/aromatic N) is 2. The van der Waals surface area contributed by atoms with Crippen molar-refractivity contribution in [3.8, 4) is 11.8 Å². The number of ketones is 1. The quantitative estimate of drug-likeness (QED) is 0.575. The third-order valence-corrected chi connectivity index (χ3v) is 6.78. The zero-order valence-electron chi connectivity index (χ0n) is 17.3. The van der Waals surface area contributed by atoms with Gasteiger partial charge in [0.15, 0.2) is 11.5 Å². The molecule has 5 nitrogen and oxygen atoms in total. The lowest BCUT2D eigenvalue weighted by Crippen LogP contribution is -2.36. The summed E-state index contributed by atoms with van der Waals surface area (Å²) in [4.78, 5) is 14.6. The van der Waals surface area contributed by atoms with Gasteiger partial charge in [-0.15, -0.1) is 0 Å². The Hall–Kier alpha value is -2.65. The van der Waals surface area contributed by atoms with Crippen molar-refractivity contribution in [1.29, 1.82) is 5.26 Å². The van der Waals surface area contributed by atoms with E-state index in [0.29, 0.717) is 46.1 Å². The molecule has 0 saturated carbocycles. The number of rotatable bonds is 4. The highest BCUT2D eigenvalue weighted by Gasteiger charge is 2.39. The molecule has 1 atom stereocenters. The Labute approximate surface area is 201 Å². The van der Waals surface area contributed by atoms with Gasteiger partial charge in [0.1, 0.15) is 12.4 Å². The number of ether oxygens (including phenoxy) is 1. The second-order valence-electron chi connectivity index (χ2n) is 7.73. The smallest absolute Gasteiger partial charge is 0.161 e. The number of hydrogen-bond donors (Lipinski definition) is 1. The van der Waals surface area contributed by atoms with Crippen molar-refractivity contribution in [2.75, 3.05) is 7.05 Å². The molecule has 164 valence electrons. The van der Waals surface area contributed by atoms with E-state index in [-0.39, 0.29) is 22.4 Å². The number of carbonyl (C=O) groups is 1. The number of nitrogens with two attached hydrogens (primary N) is 1. The molecule has 8 heteroatoms. The molecule has 32 heavy (non-hydrogen) atoms. The highest BCUT2D eigenvalue weighted by atomic mass is 35.5. The third-order valence-electron chi connectivity index (χ3n) is 5.85. The molecule has 0 spiro atoms. The molecule has 0 unspecified atom stereocenters. The van der Waals surface area contributed by atoms with Crippen LogP contribution in [0.2, 0.25) is 15.1 Å². The maximum atomic E-state index is 12.9. The lowest BCUT2D eigenvalue weighted by Gasteiger charge is -2.37. The summed E-state index contributed by atoms with van der Waals surface area (Å²) in [5.41, 5.74) is 9.43. The average molecular weight is 489 g/mol. The molecule has 2 aliphatic rings. The first-order chi connectivity index (χ1) is 15.3. The first-order valence-electron chi connectivity index (χ1n) is 10.1. The largest absolute Gasteiger partial charge is 0.486 e. The Morgan fingerprint density at radius 1 is 1.16 bits per heavy atom. The van der Waals surface area contributed by atoms with E-state index in [2.05, 4.69) is 6.07 Å². The van der Waals surface area contributed by atoms with Gasteiger partial charge in [0.25, 0.3) is 0 Å².